The van der Waals surface area contributed by atoms with Crippen LogP contribution >= 0.6 is 0 Å². The summed E-state index contributed by atoms with van der Waals surface area (Å²) in [6.07, 6.45) is 0. The van der Waals surface area contributed by atoms with E-state index in [-0.39, 0.29) is 22.6 Å². The summed E-state index contributed by atoms with van der Waals surface area (Å²) in [4.78, 5) is 28.1. The van der Waals surface area contributed by atoms with Crippen molar-refractivity contribution in [1.82, 2.24) is 0 Å². The van der Waals surface area contributed by atoms with Crippen molar-refractivity contribution in [2.24, 2.45) is 0 Å². The molecule has 8 heteroatoms. The number of anilines is 1. The number of amides is 1. The Balaban J connectivity index is 1.70. The summed E-state index contributed by atoms with van der Waals surface area (Å²) in [6, 6.07) is 24.9. The van der Waals surface area contributed by atoms with Gasteiger partial charge < -0.3 is 19.3 Å². The molecule has 1 N–H and O–H groups in total. The summed E-state index contributed by atoms with van der Waals surface area (Å²) in [5, 5.41) is 11.5. The minimum atomic E-state index is -1.09. The van der Waals surface area contributed by atoms with Crippen molar-refractivity contribution in [2.45, 2.75) is 6.04 Å². The minimum Gasteiger partial charge on any atom is -0.507 e. The number of aliphatic hydroxyl groups is 1. The molecule has 1 aliphatic rings. The monoisotopic (exact) mass is 525 g/mol. The summed E-state index contributed by atoms with van der Waals surface area (Å²) in [5.41, 5.74) is 0.653. The Bertz CT molecular complexity index is 1580. The highest BCUT2D eigenvalue weighted by atomic mass is 19.1. The van der Waals surface area contributed by atoms with Gasteiger partial charge in [0.25, 0.3) is 11.7 Å². The maximum atomic E-state index is 14.2. The van der Waals surface area contributed by atoms with E-state index in [1.807, 2.05) is 18.2 Å². The standard InChI is InChI=1S/C31H24FNO6/c1-37-23-14-15-25(26(18-23)38-2)29(34)27-28(33(31(36)30(27)35)21-10-7-9-20(32)17-21)19-8-6-13-24(16-19)39-22-11-4-3-5-12-22/h3-18,28,34H,1-2H3/b29-27+. The molecule has 39 heavy (non-hydrogen) atoms. The highest BCUT2D eigenvalue weighted by molar-refractivity contribution is 6.51. The Morgan fingerprint density at radius 2 is 1.54 bits per heavy atom. The van der Waals surface area contributed by atoms with Crippen LogP contribution in [-0.4, -0.2) is 31.0 Å². The van der Waals surface area contributed by atoms with E-state index in [0.29, 0.717) is 22.8 Å². The topological polar surface area (TPSA) is 85.3 Å². The van der Waals surface area contributed by atoms with Gasteiger partial charge in [-0.25, -0.2) is 4.39 Å². The lowest BCUT2D eigenvalue weighted by Crippen LogP contribution is -2.29. The van der Waals surface area contributed by atoms with Crippen LogP contribution in [0.5, 0.6) is 23.0 Å². The van der Waals surface area contributed by atoms with E-state index in [4.69, 9.17) is 14.2 Å². The average Bonchev–Trinajstić information content (AvgIpc) is 3.23. The second-order valence-electron chi connectivity index (χ2n) is 8.70. The number of ether oxygens (including phenoxy) is 3. The molecule has 1 heterocycles. The van der Waals surface area contributed by atoms with Crippen LogP contribution < -0.4 is 19.1 Å². The molecule has 1 fully saturated rings. The molecule has 1 saturated heterocycles. The number of benzene rings is 4. The summed E-state index contributed by atoms with van der Waals surface area (Å²) in [7, 11) is 2.90. The van der Waals surface area contributed by atoms with E-state index in [0.717, 1.165) is 6.07 Å². The number of rotatable bonds is 7. The number of nitrogens with zero attached hydrogens (tertiary/aromatic N) is 1. The molecular formula is C31H24FNO6. The summed E-state index contributed by atoms with van der Waals surface area (Å²) in [5.74, 6) is -1.09. The molecule has 4 aromatic carbocycles. The number of Topliss-reactive ketones (excluding diaryl/α,β-unsaturated/α-hetero) is 1. The van der Waals surface area contributed by atoms with Crippen LogP contribution in [0.4, 0.5) is 10.1 Å². The molecule has 0 aromatic heterocycles. The molecule has 4 aromatic rings. The maximum Gasteiger partial charge on any atom is 0.300 e. The first-order chi connectivity index (χ1) is 18.9. The van der Waals surface area contributed by atoms with Gasteiger partial charge in [-0.2, -0.15) is 0 Å². The molecular weight excluding hydrogens is 501 g/mol. The van der Waals surface area contributed by atoms with E-state index in [2.05, 4.69) is 0 Å². The number of carbonyl (C=O) groups excluding carboxylic acids is 2. The van der Waals surface area contributed by atoms with Gasteiger partial charge in [0.2, 0.25) is 0 Å². The van der Waals surface area contributed by atoms with Crippen molar-refractivity contribution in [3.63, 3.8) is 0 Å². The molecule has 0 aliphatic carbocycles. The number of carbonyl (C=O) groups is 2. The predicted molar refractivity (Wildman–Crippen MR) is 144 cm³/mol. The van der Waals surface area contributed by atoms with Gasteiger partial charge in [0.05, 0.1) is 31.4 Å². The Morgan fingerprint density at radius 1 is 0.795 bits per heavy atom. The zero-order chi connectivity index (χ0) is 27.5. The van der Waals surface area contributed by atoms with Gasteiger partial charge in [-0.05, 0) is 60.2 Å². The smallest absolute Gasteiger partial charge is 0.300 e. The van der Waals surface area contributed by atoms with Crippen molar-refractivity contribution < 1.29 is 33.3 Å². The van der Waals surface area contributed by atoms with Crippen LogP contribution in [0.2, 0.25) is 0 Å². The average molecular weight is 526 g/mol. The van der Waals surface area contributed by atoms with E-state index in [9.17, 15) is 19.1 Å². The van der Waals surface area contributed by atoms with E-state index >= 15 is 0 Å². The summed E-state index contributed by atoms with van der Waals surface area (Å²) >= 11 is 0. The third-order valence-electron chi connectivity index (χ3n) is 6.35. The Labute approximate surface area is 224 Å². The van der Waals surface area contributed by atoms with Gasteiger partial charge in [0.15, 0.2) is 0 Å². The number of halogens is 1. The van der Waals surface area contributed by atoms with Crippen molar-refractivity contribution >= 4 is 23.1 Å². The van der Waals surface area contributed by atoms with Gasteiger partial charge >= 0.3 is 0 Å². The number of ketones is 1. The number of hydrogen-bond acceptors (Lipinski definition) is 6. The lowest BCUT2D eigenvalue weighted by Gasteiger charge is -2.26. The first-order valence-corrected chi connectivity index (χ1v) is 12.0. The lowest BCUT2D eigenvalue weighted by molar-refractivity contribution is -0.132. The van der Waals surface area contributed by atoms with E-state index in [1.54, 1.807) is 48.5 Å². The fourth-order valence-electron chi connectivity index (χ4n) is 4.55. The molecule has 1 unspecified atom stereocenters. The first-order valence-electron chi connectivity index (χ1n) is 12.0. The van der Waals surface area contributed by atoms with Gasteiger partial charge in [0, 0.05) is 11.8 Å². The summed E-state index contributed by atoms with van der Waals surface area (Å²) < 4.78 is 30.9. The maximum absolute atomic E-state index is 14.2. The molecule has 0 bridgehead atoms. The number of methoxy groups -OCH3 is 2. The van der Waals surface area contributed by atoms with Gasteiger partial charge in [-0.3, -0.25) is 14.5 Å². The van der Waals surface area contributed by atoms with Gasteiger partial charge in [-0.15, -0.1) is 0 Å². The fourth-order valence-corrected chi connectivity index (χ4v) is 4.55. The van der Waals surface area contributed by atoms with Crippen LogP contribution in [0.1, 0.15) is 17.2 Å². The van der Waals surface area contributed by atoms with Gasteiger partial charge in [0.1, 0.15) is 34.6 Å². The molecule has 196 valence electrons. The molecule has 0 saturated carbocycles. The third-order valence-corrected chi connectivity index (χ3v) is 6.35. The minimum absolute atomic E-state index is 0.164. The van der Waals surface area contributed by atoms with Crippen molar-refractivity contribution in [2.75, 3.05) is 19.1 Å². The van der Waals surface area contributed by atoms with Crippen molar-refractivity contribution in [1.29, 1.82) is 0 Å². The Hall–Kier alpha value is -5.11. The zero-order valence-electron chi connectivity index (χ0n) is 21.1. The predicted octanol–water partition coefficient (Wildman–Crippen LogP) is 6.26. The highest BCUT2D eigenvalue weighted by Crippen LogP contribution is 2.44. The van der Waals surface area contributed by atoms with Crippen LogP contribution in [0.3, 0.4) is 0 Å². The first kappa shape index (κ1) is 25.5. The molecule has 1 aliphatic heterocycles. The lowest BCUT2D eigenvalue weighted by atomic mass is 9.94. The summed E-state index contributed by atoms with van der Waals surface area (Å²) in [6.45, 7) is 0. The SMILES string of the molecule is COc1ccc(/C(O)=C2\C(=O)C(=O)N(c3cccc(F)c3)C2c2cccc(Oc3ccccc3)c2)c(OC)c1. The van der Waals surface area contributed by atoms with E-state index < -0.39 is 29.3 Å². The normalized spacial score (nSPS) is 16.3. The van der Waals surface area contributed by atoms with Crippen molar-refractivity contribution in [3.8, 4) is 23.0 Å². The number of hydrogen-bond donors (Lipinski definition) is 1. The second kappa shape index (κ2) is 10.7. The number of aliphatic hydroxyl groups excluding tert-OH is 1. The zero-order valence-corrected chi connectivity index (χ0v) is 21.1. The highest BCUT2D eigenvalue weighted by Gasteiger charge is 2.47. The van der Waals surface area contributed by atoms with Crippen LogP contribution in [0, 0.1) is 5.82 Å². The Kier molecular flexibility index (Phi) is 7.01. The molecule has 0 spiro atoms. The molecule has 1 amide bonds. The molecule has 7 nitrogen and oxygen atoms in total. The third kappa shape index (κ3) is 4.92. The van der Waals surface area contributed by atoms with Crippen LogP contribution in [0.25, 0.3) is 5.76 Å². The van der Waals surface area contributed by atoms with Crippen molar-refractivity contribution in [3.05, 3.63) is 120 Å². The second-order valence-corrected chi connectivity index (χ2v) is 8.70. The fraction of sp³-hybridized carbons (Fsp3) is 0.0968. The molecule has 0 radical (unpaired) electrons. The van der Waals surface area contributed by atoms with Gasteiger partial charge in [-0.1, -0.05) is 36.4 Å². The van der Waals surface area contributed by atoms with Crippen LogP contribution in [-0.2, 0) is 9.59 Å². The number of para-hydroxylation sites is 1. The quantitative estimate of drug-likeness (QED) is 0.174. The Morgan fingerprint density at radius 3 is 2.26 bits per heavy atom. The largest absolute Gasteiger partial charge is 0.507 e. The molecule has 5 rings (SSSR count). The molecule has 1 atom stereocenters. The van der Waals surface area contributed by atoms with Crippen LogP contribution in [0.15, 0.2) is 103 Å². The van der Waals surface area contributed by atoms with E-state index in [1.165, 1.54) is 43.4 Å².